The molecule has 0 aliphatic heterocycles. The minimum absolute atomic E-state index is 0.131. The number of nitrogens with zero attached hydrogens (tertiary/aromatic N) is 1. The van der Waals surface area contributed by atoms with E-state index < -0.39 is 10.1 Å². The van der Waals surface area contributed by atoms with Crippen molar-refractivity contribution >= 4 is 16.0 Å². The zero-order valence-corrected chi connectivity index (χ0v) is 13.6. The molecule has 0 atom stereocenters. The van der Waals surface area contributed by atoms with Crippen LogP contribution in [0.25, 0.3) is 0 Å². The Morgan fingerprint density at radius 3 is 2.68 bits per heavy atom. The minimum Gasteiger partial charge on any atom is -0.383 e. The zero-order valence-electron chi connectivity index (χ0n) is 12.8. The number of carbonyl (C=O) groups excluding carboxylic acids is 1. The highest BCUT2D eigenvalue weighted by atomic mass is 32.2. The van der Waals surface area contributed by atoms with Gasteiger partial charge in [-0.3, -0.25) is 4.79 Å². The molecule has 2 rings (SSSR count). The molecule has 0 N–H and O–H groups in total. The van der Waals surface area contributed by atoms with E-state index in [1.807, 2.05) is 6.07 Å². The van der Waals surface area contributed by atoms with Crippen molar-refractivity contribution in [1.29, 1.82) is 0 Å². The van der Waals surface area contributed by atoms with E-state index in [4.69, 9.17) is 8.92 Å². The minimum atomic E-state index is -3.56. The second-order valence-electron chi connectivity index (χ2n) is 5.46. The number of methoxy groups -OCH3 is 1. The Kier molecular flexibility index (Phi) is 5.42. The molecule has 1 aliphatic carbocycles. The molecule has 6 nitrogen and oxygen atoms in total. The van der Waals surface area contributed by atoms with Crippen molar-refractivity contribution in [1.82, 2.24) is 4.90 Å². The third kappa shape index (κ3) is 5.31. The second-order valence-corrected chi connectivity index (χ2v) is 7.04. The highest BCUT2D eigenvalue weighted by Gasteiger charge is 2.33. The summed E-state index contributed by atoms with van der Waals surface area (Å²) in [4.78, 5) is 14.0. The van der Waals surface area contributed by atoms with Gasteiger partial charge in [-0.25, -0.2) is 0 Å². The Morgan fingerprint density at radius 2 is 2.09 bits per heavy atom. The summed E-state index contributed by atoms with van der Waals surface area (Å²) in [5.74, 6) is 0.518. The Hall–Kier alpha value is -1.60. The van der Waals surface area contributed by atoms with Gasteiger partial charge in [-0.1, -0.05) is 12.1 Å². The maximum Gasteiger partial charge on any atom is 0.306 e. The summed E-state index contributed by atoms with van der Waals surface area (Å²) in [6, 6.07) is 6.77. The van der Waals surface area contributed by atoms with Gasteiger partial charge in [-0.05, 0) is 30.5 Å². The number of hydrogen-bond donors (Lipinski definition) is 0. The van der Waals surface area contributed by atoms with Gasteiger partial charge in [0.15, 0.2) is 0 Å². The lowest BCUT2D eigenvalue weighted by atomic mass is 10.2. The molecule has 1 aromatic rings. The van der Waals surface area contributed by atoms with Gasteiger partial charge in [0.2, 0.25) is 5.91 Å². The Bertz CT molecular complexity index is 625. The van der Waals surface area contributed by atoms with Crippen molar-refractivity contribution in [3.63, 3.8) is 0 Å². The Labute approximate surface area is 131 Å². The number of carbonyl (C=O) groups is 1. The fourth-order valence-corrected chi connectivity index (χ4v) is 2.60. The van der Waals surface area contributed by atoms with E-state index in [-0.39, 0.29) is 17.6 Å². The van der Waals surface area contributed by atoms with Crippen LogP contribution in [0.3, 0.4) is 0 Å². The molecule has 1 amide bonds. The van der Waals surface area contributed by atoms with Crippen LogP contribution in [-0.2, 0) is 26.2 Å². The molecule has 0 spiro atoms. The first-order chi connectivity index (χ1) is 10.4. The highest BCUT2D eigenvalue weighted by Crippen LogP contribution is 2.31. The van der Waals surface area contributed by atoms with Crippen molar-refractivity contribution in [3.05, 3.63) is 29.8 Å². The van der Waals surface area contributed by atoms with E-state index in [0.717, 1.165) is 24.7 Å². The average Bonchev–Trinajstić information content (AvgIpc) is 3.25. The van der Waals surface area contributed by atoms with E-state index in [1.54, 1.807) is 30.2 Å². The summed E-state index contributed by atoms with van der Waals surface area (Å²) in [7, 11) is -1.96. The smallest absolute Gasteiger partial charge is 0.306 e. The van der Waals surface area contributed by atoms with E-state index in [2.05, 4.69) is 0 Å². The van der Waals surface area contributed by atoms with Crippen molar-refractivity contribution in [2.24, 2.45) is 5.92 Å². The van der Waals surface area contributed by atoms with Crippen LogP contribution >= 0.6 is 0 Å². The van der Waals surface area contributed by atoms with Crippen LogP contribution in [0.5, 0.6) is 5.75 Å². The Balaban J connectivity index is 2.08. The van der Waals surface area contributed by atoms with E-state index in [9.17, 15) is 13.2 Å². The molecule has 0 saturated heterocycles. The van der Waals surface area contributed by atoms with Crippen LogP contribution in [0.1, 0.15) is 18.4 Å². The van der Waals surface area contributed by atoms with E-state index in [0.29, 0.717) is 19.7 Å². The lowest BCUT2D eigenvalue weighted by molar-refractivity contribution is -0.133. The number of benzene rings is 1. The molecule has 7 heteroatoms. The molecule has 0 unspecified atom stereocenters. The van der Waals surface area contributed by atoms with Gasteiger partial charge >= 0.3 is 10.1 Å². The lowest BCUT2D eigenvalue weighted by Gasteiger charge is -2.22. The molecule has 1 saturated carbocycles. The van der Waals surface area contributed by atoms with Gasteiger partial charge in [-0.2, -0.15) is 8.42 Å². The van der Waals surface area contributed by atoms with E-state index >= 15 is 0 Å². The summed E-state index contributed by atoms with van der Waals surface area (Å²) in [5.41, 5.74) is 0.825. The Morgan fingerprint density at radius 1 is 1.36 bits per heavy atom. The molecule has 0 heterocycles. The maximum atomic E-state index is 12.3. The first kappa shape index (κ1) is 16.8. The highest BCUT2D eigenvalue weighted by molar-refractivity contribution is 7.86. The summed E-state index contributed by atoms with van der Waals surface area (Å²) in [6.07, 6.45) is 2.89. The summed E-state index contributed by atoms with van der Waals surface area (Å²) in [6.45, 7) is 1.40. The third-order valence-corrected chi connectivity index (χ3v) is 3.82. The fourth-order valence-electron chi connectivity index (χ4n) is 2.15. The number of hydrogen-bond acceptors (Lipinski definition) is 5. The molecule has 1 aromatic carbocycles. The molecular formula is C15H21NO5S. The molecule has 1 fully saturated rings. The van der Waals surface area contributed by atoms with Crippen molar-refractivity contribution in [2.75, 3.05) is 26.5 Å². The summed E-state index contributed by atoms with van der Waals surface area (Å²) >= 11 is 0. The number of amides is 1. The third-order valence-electron chi connectivity index (χ3n) is 3.32. The number of rotatable bonds is 8. The van der Waals surface area contributed by atoms with Gasteiger partial charge in [-0.15, -0.1) is 0 Å². The quantitative estimate of drug-likeness (QED) is 0.675. The van der Waals surface area contributed by atoms with Crippen LogP contribution in [0.2, 0.25) is 0 Å². The molecule has 122 valence electrons. The van der Waals surface area contributed by atoms with Crippen molar-refractivity contribution in [2.45, 2.75) is 19.4 Å². The topological polar surface area (TPSA) is 72.9 Å². The maximum absolute atomic E-state index is 12.3. The molecule has 22 heavy (non-hydrogen) atoms. The fraction of sp³-hybridized carbons (Fsp3) is 0.533. The molecule has 0 radical (unpaired) electrons. The molecule has 0 bridgehead atoms. The van der Waals surface area contributed by atoms with E-state index in [1.165, 1.54) is 0 Å². The summed E-state index contributed by atoms with van der Waals surface area (Å²) < 4.78 is 32.3. The molecule has 0 aromatic heterocycles. The first-order valence-corrected chi connectivity index (χ1v) is 8.97. The average molecular weight is 327 g/mol. The lowest BCUT2D eigenvalue weighted by Crippen LogP contribution is -2.34. The van der Waals surface area contributed by atoms with Crippen LogP contribution < -0.4 is 4.18 Å². The predicted molar refractivity (Wildman–Crippen MR) is 81.9 cm³/mol. The normalized spacial score (nSPS) is 14.6. The second kappa shape index (κ2) is 7.11. The van der Waals surface area contributed by atoms with Gasteiger partial charge in [0.1, 0.15) is 5.75 Å². The number of ether oxygens (including phenoxy) is 1. The summed E-state index contributed by atoms with van der Waals surface area (Å²) in [5, 5.41) is 0. The standard InChI is InChI=1S/C15H21NO5S/c1-20-9-8-16(15(17)13-6-7-13)11-12-4-3-5-14(10-12)21-22(2,18)19/h3-5,10,13H,6-9,11H2,1-2H3. The van der Waals surface area contributed by atoms with Crippen LogP contribution in [0.15, 0.2) is 24.3 Å². The van der Waals surface area contributed by atoms with Crippen LogP contribution in [-0.4, -0.2) is 45.7 Å². The van der Waals surface area contributed by atoms with Crippen LogP contribution in [0.4, 0.5) is 0 Å². The monoisotopic (exact) mass is 327 g/mol. The van der Waals surface area contributed by atoms with Gasteiger partial charge in [0.25, 0.3) is 0 Å². The van der Waals surface area contributed by atoms with Crippen molar-refractivity contribution in [3.8, 4) is 5.75 Å². The van der Waals surface area contributed by atoms with Crippen LogP contribution in [0, 0.1) is 5.92 Å². The predicted octanol–water partition coefficient (Wildman–Crippen LogP) is 1.41. The van der Waals surface area contributed by atoms with Crippen molar-refractivity contribution < 1.29 is 22.1 Å². The first-order valence-electron chi connectivity index (χ1n) is 7.15. The molecule has 1 aliphatic rings. The largest absolute Gasteiger partial charge is 0.383 e. The SMILES string of the molecule is COCCN(Cc1cccc(OS(C)(=O)=O)c1)C(=O)C1CC1. The molecular weight excluding hydrogens is 306 g/mol. The van der Waals surface area contributed by atoms with Gasteiger partial charge in [0, 0.05) is 26.1 Å². The van der Waals surface area contributed by atoms with Gasteiger partial charge in [0.05, 0.1) is 12.9 Å². The zero-order chi connectivity index (χ0) is 16.2. The van der Waals surface area contributed by atoms with Gasteiger partial charge < -0.3 is 13.8 Å².